The van der Waals surface area contributed by atoms with E-state index in [1.807, 2.05) is 35.7 Å². The maximum absolute atomic E-state index is 12.7. The van der Waals surface area contributed by atoms with E-state index < -0.39 is 11.9 Å². The number of hydrogen-bond acceptors (Lipinski definition) is 4. The minimum absolute atomic E-state index is 0.215. The van der Waals surface area contributed by atoms with Gasteiger partial charge in [0.15, 0.2) is 5.78 Å². The van der Waals surface area contributed by atoms with Gasteiger partial charge in [-0.3, -0.25) is 9.59 Å². The first kappa shape index (κ1) is 16.9. The molecular formula is C19H17ClO3S. The Morgan fingerprint density at radius 3 is 2.75 bits per heavy atom. The summed E-state index contributed by atoms with van der Waals surface area (Å²) < 4.78 is 5.14. The molecule has 0 saturated heterocycles. The van der Waals surface area contributed by atoms with Crippen molar-refractivity contribution < 1.29 is 14.3 Å². The molecule has 0 spiro atoms. The minimum Gasteiger partial charge on any atom is -0.465 e. The first-order valence-corrected chi connectivity index (χ1v) is 9.07. The van der Waals surface area contributed by atoms with Crippen LogP contribution in [0, 0.1) is 5.92 Å². The third-order valence-electron chi connectivity index (χ3n) is 4.15. The molecule has 0 unspecified atom stereocenters. The van der Waals surface area contributed by atoms with Crippen LogP contribution in [0.25, 0.3) is 5.57 Å². The Kier molecular flexibility index (Phi) is 5.17. The number of ether oxygens (including phenoxy) is 1. The Labute approximate surface area is 149 Å². The second-order valence-corrected chi connectivity index (χ2v) is 6.97. The zero-order valence-electron chi connectivity index (χ0n) is 13.2. The molecule has 2 atom stereocenters. The molecule has 0 aliphatic heterocycles. The average Bonchev–Trinajstić information content (AvgIpc) is 3.09. The van der Waals surface area contributed by atoms with E-state index in [9.17, 15) is 9.59 Å². The van der Waals surface area contributed by atoms with E-state index in [0.717, 1.165) is 16.0 Å². The van der Waals surface area contributed by atoms with Crippen molar-refractivity contribution in [1.29, 1.82) is 0 Å². The summed E-state index contributed by atoms with van der Waals surface area (Å²) in [6.07, 6.45) is 2.17. The average molecular weight is 361 g/mol. The van der Waals surface area contributed by atoms with Crippen molar-refractivity contribution in [2.24, 2.45) is 5.92 Å². The molecule has 2 aromatic rings. The van der Waals surface area contributed by atoms with E-state index in [2.05, 4.69) is 0 Å². The monoisotopic (exact) mass is 360 g/mol. The van der Waals surface area contributed by atoms with E-state index in [0.29, 0.717) is 11.4 Å². The largest absolute Gasteiger partial charge is 0.465 e. The van der Waals surface area contributed by atoms with Crippen LogP contribution in [0.2, 0.25) is 5.02 Å². The molecular weight excluding hydrogens is 344 g/mol. The Morgan fingerprint density at radius 1 is 1.29 bits per heavy atom. The number of allylic oxidation sites excluding steroid dienone is 2. The number of esters is 1. The minimum atomic E-state index is -0.839. The van der Waals surface area contributed by atoms with Gasteiger partial charge in [0.25, 0.3) is 0 Å². The van der Waals surface area contributed by atoms with Gasteiger partial charge < -0.3 is 4.74 Å². The highest BCUT2D eigenvalue weighted by molar-refractivity contribution is 7.11. The number of hydrogen-bond donors (Lipinski definition) is 0. The summed E-state index contributed by atoms with van der Waals surface area (Å²) in [5.41, 5.74) is 1.76. The molecule has 3 rings (SSSR count). The van der Waals surface area contributed by atoms with E-state index in [-0.39, 0.29) is 18.3 Å². The van der Waals surface area contributed by atoms with Crippen molar-refractivity contribution >= 4 is 40.3 Å². The number of halogens is 1. The molecule has 0 radical (unpaired) electrons. The van der Waals surface area contributed by atoms with Gasteiger partial charge in [-0.05, 0) is 48.1 Å². The Balaban J connectivity index is 2.04. The summed E-state index contributed by atoms with van der Waals surface area (Å²) in [4.78, 5) is 26.1. The summed E-state index contributed by atoms with van der Waals surface area (Å²) in [7, 11) is 0. The molecule has 0 fully saturated rings. The maximum Gasteiger partial charge on any atom is 0.317 e. The van der Waals surface area contributed by atoms with Crippen LogP contribution in [0.15, 0.2) is 47.9 Å². The van der Waals surface area contributed by atoms with Gasteiger partial charge in [-0.2, -0.15) is 0 Å². The molecule has 3 nitrogen and oxygen atoms in total. The van der Waals surface area contributed by atoms with Gasteiger partial charge in [-0.1, -0.05) is 35.9 Å². The van der Waals surface area contributed by atoms with Crippen molar-refractivity contribution in [3.8, 4) is 0 Å². The molecule has 5 heteroatoms. The van der Waals surface area contributed by atoms with Gasteiger partial charge in [0, 0.05) is 15.8 Å². The highest BCUT2D eigenvalue weighted by atomic mass is 35.5. The first-order valence-electron chi connectivity index (χ1n) is 7.81. The molecule has 0 N–H and O–H groups in total. The Bertz CT molecular complexity index is 780. The molecule has 0 bridgehead atoms. The third-order valence-corrected chi connectivity index (χ3v) is 5.44. The van der Waals surface area contributed by atoms with Crippen molar-refractivity contribution in [1.82, 2.24) is 0 Å². The van der Waals surface area contributed by atoms with E-state index in [1.54, 1.807) is 30.4 Å². The van der Waals surface area contributed by atoms with Crippen LogP contribution < -0.4 is 0 Å². The standard InChI is InChI=1S/C19H17ClO3S/c1-2-23-19(22)18-14(13-6-3-4-7-15(13)20)10-12(11-16(18)21)17-8-5-9-24-17/h3-9,11,14,18H,2,10H2,1H3/t14-,18-/m0/s1. The fourth-order valence-electron chi connectivity index (χ4n) is 3.08. The predicted octanol–water partition coefficient (Wildman–Crippen LogP) is 4.72. The van der Waals surface area contributed by atoms with E-state index >= 15 is 0 Å². The van der Waals surface area contributed by atoms with Crippen LogP contribution >= 0.6 is 22.9 Å². The molecule has 24 heavy (non-hydrogen) atoms. The maximum atomic E-state index is 12.7. The first-order chi connectivity index (χ1) is 11.6. The number of carbonyl (C=O) groups excluding carboxylic acids is 2. The highest BCUT2D eigenvalue weighted by Gasteiger charge is 2.40. The molecule has 1 aromatic carbocycles. The molecule has 0 saturated carbocycles. The van der Waals surface area contributed by atoms with E-state index in [1.165, 1.54) is 0 Å². The second kappa shape index (κ2) is 7.32. The zero-order chi connectivity index (χ0) is 17.1. The SMILES string of the molecule is CCOC(=O)[C@@H]1C(=O)C=C(c2cccs2)C[C@H]1c1ccccc1Cl. The topological polar surface area (TPSA) is 43.4 Å². The lowest BCUT2D eigenvalue weighted by atomic mass is 9.74. The van der Waals surface area contributed by atoms with Gasteiger partial charge in [0.2, 0.25) is 0 Å². The van der Waals surface area contributed by atoms with Gasteiger partial charge in [-0.15, -0.1) is 11.3 Å². The van der Waals surface area contributed by atoms with Crippen molar-refractivity contribution in [2.75, 3.05) is 6.61 Å². The van der Waals surface area contributed by atoms with Gasteiger partial charge in [-0.25, -0.2) is 0 Å². The van der Waals surface area contributed by atoms with Crippen LogP contribution in [0.5, 0.6) is 0 Å². The fraction of sp³-hybridized carbons (Fsp3) is 0.263. The normalized spacial score (nSPS) is 20.6. The summed E-state index contributed by atoms with van der Waals surface area (Å²) in [5, 5.41) is 2.54. The summed E-state index contributed by atoms with van der Waals surface area (Å²) in [6.45, 7) is 1.99. The summed E-state index contributed by atoms with van der Waals surface area (Å²) >= 11 is 7.93. The molecule has 1 heterocycles. The van der Waals surface area contributed by atoms with Crippen LogP contribution in [-0.2, 0) is 14.3 Å². The van der Waals surface area contributed by atoms with Gasteiger partial charge in [0.05, 0.1) is 6.61 Å². The Morgan fingerprint density at radius 2 is 2.08 bits per heavy atom. The highest BCUT2D eigenvalue weighted by Crippen LogP contribution is 2.43. The number of carbonyl (C=O) groups is 2. The molecule has 0 amide bonds. The summed E-state index contributed by atoms with van der Waals surface area (Å²) in [6, 6.07) is 11.3. The predicted molar refractivity (Wildman–Crippen MR) is 96.2 cm³/mol. The fourth-order valence-corrected chi connectivity index (χ4v) is 4.11. The van der Waals surface area contributed by atoms with Crippen LogP contribution in [-0.4, -0.2) is 18.4 Å². The quantitative estimate of drug-likeness (QED) is 0.585. The van der Waals surface area contributed by atoms with Crippen molar-refractivity contribution in [3.05, 3.63) is 63.3 Å². The lowest BCUT2D eigenvalue weighted by Gasteiger charge is -2.29. The number of thiophene rings is 1. The van der Waals surface area contributed by atoms with Crippen LogP contribution in [0.4, 0.5) is 0 Å². The lowest BCUT2D eigenvalue weighted by Crippen LogP contribution is -2.34. The zero-order valence-corrected chi connectivity index (χ0v) is 14.8. The molecule has 1 aliphatic rings. The van der Waals surface area contributed by atoms with Crippen LogP contribution in [0.3, 0.4) is 0 Å². The van der Waals surface area contributed by atoms with Gasteiger partial charge >= 0.3 is 5.97 Å². The number of ketones is 1. The molecule has 1 aliphatic carbocycles. The number of rotatable bonds is 4. The third kappa shape index (κ3) is 3.30. The van der Waals surface area contributed by atoms with Crippen LogP contribution in [0.1, 0.15) is 29.7 Å². The Hall–Kier alpha value is -1.91. The van der Waals surface area contributed by atoms with E-state index in [4.69, 9.17) is 16.3 Å². The molecule has 124 valence electrons. The molecule has 1 aromatic heterocycles. The van der Waals surface area contributed by atoms with Crippen molar-refractivity contribution in [3.63, 3.8) is 0 Å². The second-order valence-electron chi connectivity index (χ2n) is 5.61. The van der Waals surface area contributed by atoms with Gasteiger partial charge in [0.1, 0.15) is 5.92 Å². The van der Waals surface area contributed by atoms with Crippen molar-refractivity contribution in [2.45, 2.75) is 19.3 Å². The lowest BCUT2D eigenvalue weighted by molar-refractivity contribution is -0.151. The summed E-state index contributed by atoms with van der Waals surface area (Å²) in [5.74, 6) is -1.84. The number of benzene rings is 1. The smallest absolute Gasteiger partial charge is 0.317 e.